The Balaban J connectivity index is 2.19. The molecular formula is C21H27NO5. The van der Waals surface area contributed by atoms with Crippen LogP contribution in [0, 0.1) is 0 Å². The highest BCUT2D eigenvalue weighted by molar-refractivity contribution is 5.66. The van der Waals surface area contributed by atoms with Gasteiger partial charge in [-0.1, -0.05) is 36.4 Å². The number of carbonyl (C=O) groups excluding carboxylic acids is 1. The van der Waals surface area contributed by atoms with Crippen molar-refractivity contribution in [1.82, 2.24) is 5.32 Å². The summed E-state index contributed by atoms with van der Waals surface area (Å²) in [5.41, 5.74) is 1.92. The number of hydrogen-bond donors (Lipinski definition) is 1. The van der Waals surface area contributed by atoms with Crippen LogP contribution in [0.2, 0.25) is 0 Å². The second-order valence-electron chi connectivity index (χ2n) is 6.04. The summed E-state index contributed by atoms with van der Waals surface area (Å²) in [5, 5.41) is 3.43. The van der Waals surface area contributed by atoms with Gasteiger partial charge in [-0.3, -0.25) is 4.79 Å². The van der Waals surface area contributed by atoms with Crippen molar-refractivity contribution >= 4 is 5.97 Å². The Kier molecular flexibility index (Phi) is 8.10. The van der Waals surface area contributed by atoms with Crippen LogP contribution < -0.4 is 14.8 Å². The van der Waals surface area contributed by atoms with E-state index in [1.807, 2.05) is 42.5 Å². The quantitative estimate of drug-likeness (QED) is 0.645. The van der Waals surface area contributed by atoms with Crippen LogP contribution in [0.25, 0.3) is 0 Å². The monoisotopic (exact) mass is 373 g/mol. The molecule has 0 bridgehead atoms. The summed E-state index contributed by atoms with van der Waals surface area (Å²) >= 11 is 0. The number of nitrogens with one attached hydrogen (secondary N) is 1. The fourth-order valence-electron chi connectivity index (χ4n) is 2.86. The zero-order valence-corrected chi connectivity index (χ0v) is 16.2. The van der Waals surface area contributed by atoms with Crippen molar-refractivity contribution in [3.05, 3.63) is 59.7 Å². The maximum Gasteiger partial charge on any atom is 0.303 e. The molecule has 0 saturated carbocycles. The summed E-state index contributed by atoms with van der Waals surface area (Å²) in [6.45, 7) is 2.33. The minimum atomic E-state index is -0.467. The Labute approximate surface area is 160 Å². The third-order valence-electron chi connectivity index (χ3n) is 4.17. The number of esters is 1. The highest BCUT2D eigenvalue weighted by Gasteiger charge is 2.20. The highest BCUT2D eigenvalue weighted by Crippen LogP contribution is 2.31. The summed E-state index contributed by atoms with van der Waals surface area (Å²) in [4.78, 5) is 11.6. The molecule has 0 radical (unpaired) electrons. The molecule has 0 aliphatic rings. The highest BCUT2D eigenvalue weighted by atomic mass is 16.5. The molecule has 0 amide bonds. The maximum atomic E-state index is 11.6. The van der Waals surface area contributed by atoms with Crippen molar-refractivity contribution in [3.63, 3.8) is 0 Å². The average Bonchev–Trinajstić information content (AvgIpc) is 2.69. The van der Waals surface area contributed by atoms with E-state index in [2.05, 4.69) is 5.32 Å². The smallest absolute Gasteiger partial charge is 0.303 e. The molecular weight excluding hydrogens is 346 g/mol. The van der Waals surface area contributed by atoms with Crippen LogP contribution in [0.15, 0.2) is 48.5 Å². The topological polar surface area (TPSA) is 66.0 Å². The van der Waals surface area contributed by atoms with Crippen molar-refractivity contribution in [1.29, 1.82) is 0 Å². The largest absolute Gasteiger partial charge is 0.493 e. The Bertz CT molecular complexity index is 720. The van der Waals surface area contributed by atoms with Crippen molar-refractivity contribution in [2.75, 3.05) is 34.5 Å². The number of benzene rings is 2. The maximum absolute atomic E-state index is 11.6. The van der Waals surface area contributed by atoms with E-state index in [1.54, 1.807) is 27.4 Å². The summed E-state index contributed by atoms with van der Waals surface area (Å²) in [5.74, 6) is 0.862. The molecule has 2 aromatic carbocycles. The molecule has 146 valence electrons. The van der Waals surface area contributed by atoms with Crippen LogP contribution in [0.4, 0.5) is 0 Å². The van der Waals surface area contributed by atoms with Crippen molar-refractivity contribution in [2.45, 2.75) is 19.1 Å². The van der Waals surface area contributed by atoms with E-state index >= 15 is 0 Å². The Hall–Kier alpha value is -2.57. The molecule has 0 fully saturated rings. The van der Waals surface area contributed by atoms with E-state index in [0.717, 1.165) is 11.1 Å². The lowest BCUT2D eigenvalue weighted by molar-refractivity contribution is -0.146. The van der Waals surface area contributed by atoms with Crippen LogP contribution in [-0.4, -0.2) is 40.5 Å². The lowest BCUT2D eigenvalue weighted by Crippen LogP contribution is -2.31. The first-order valence-corrected chi connectivity index (χ1v) is 8.75. The first-order valence-electron chi connectivity index (χ1n) is 8.75. The van der Waals surface area contributed by atoms with Crippen LogP contribution >= 0.6 is 0 Å². The van der Waals surface area contributed by atoms with Gasteiger partial charge in [-0.2, -0.15) is 0 Å². The average molecular weight is 373 g/mol. The molecule has 6 heteroatoms. The van der Waals surface area contributed by atoms with Gasteiger partial charge in [0.1, 0.15) is 6.10 Å². The standard InChI is InChI=1S/C21H27NO5/c1-15(23)27-21(17-10-11-19(25-3)20(12-17)26-4)13-22-18(14-24-2)16-8-6-5-7-9-16/h5-12,18,21-22H,13-14H2,1-4H3/t18-,21+/m1/s1. The van der Waals surface area contributed by atoms with Crippen molar-refractivity contribution < 1.29 is 23.7 Å². The van der Waals surface area contributed by atoms with Gasteiger partial charge in [0, 0.05) is 20.6 Å². The van der Waals surface area contributed by atoms with Gasteiger partial charge in [-0.25, -0.2) is 0 Å². The predicted molar refractivity (Wildman–Crippen MR) is 103 cm³/mol. The van der Waals surface area contributed by atoms with Crippen LogP contribution in [-0.2, 0) is 14.3 Å². The summed E-state index contributed by atoms with van der Waals surface area (Å²) in [6.07, 6.45) is -0.467. The van der Waals surface area contributed by atoms with E-state index < -0.39 is 6.10 Å². The Morgan fingerprint density at radius 3 is 2.26 bits per heavy atom. The Morgan fingerprint density at radius 1 is 0.963 bits per heavy atom. The van der Waals surface area contributed by atoms with E-state index in [-0.39, 0.29) is 12.0 Å². The van der Waals surface area contributed by atoms with Gasteiger partial charge in [0.2, 0.25) is 0 Å². The molecule has 27 heavy (non-hydrogen) atoms. The summed E-state index contributed by atoms with van der Waals surface area (Å²) in [6, 6.07) is 15.5. The molecule has 2 rings (SSSR count). The second kappa shape index (κ2) is 10.5. The van der Waals surface area contributed by atoms with E-state index in [4.69, 9.17) is 18.9 Å². The van der Waals surface area contributed by atoms with Crippen LogP contribution in [0.5, 0.6) is 11.5 Å². The van der Waals surface area contributed by atoms with Crippen LogP contribution in [0.1, 0.15) is 30.2 Å². The van der Waals surface area contributed by atoms with Crippen molar-refractivity contribution in [3.8, 4) is 11.5 Å². The number of hydrogen-bond acceptors (Lipinski definition) is 6. The molecule has 0 saturated heterocycles. The summed E-state index contributed by atoms with van der Waals surface area (Å²) < 4.78 is 21.5. The summed E-state index contributed by atoms with van der Waals surface area (Å²) in [7, 11) is 4.82. The minimum absolute atomic E-state index is 0.0191. The predicted octanol–water partition coefficient (Wildman–Crippen LogP) is 3.29. The number of rotatable bonds is 10. The fourth-order valence-corrected chi connectivity index (χ4v) is 2.86. The molecule has 0 heterocycles. The van der Waals surface area contributed by atoms with E-state index in [1.165, 1.54) is 6.92 Å². The lowest BCUT2D eigenvalue weighted by Gasteiger charge is -2.24. The third-order valence-corrected chi connectivity index (χ3v) is 4.17. The second-order valence-corrected chi connectivity index (χ2v) is 6.04. The van der Waals surface area contributed by atoms with Gasteiger partial charge in [0.15, 0.2) is 11.5 Å². The van der Waals surface area contributed by atoms with Gasteiger partial charge < -0.3 is 24.3 Å². The molecule has 6 nitrogen and oxygen atoms in total. The number of methoxy groups -OCH3 is 3. The first-order chi connectivity index (χ1) is 13.1. The molecule has 0 unspecified atom stereocenters. The fraction of sp³-hybridized carbons (Fsp3) is 0.381. The molecule has 1 N–H and O–H groups in total. The molecule has 0 aliphatic heterocycles. The zero-order valence-electron chi connectivity index (χ0n) is 16.2. The van der Waals surface area contributed by atoms with Crippen LogP contribution in [0.3, 0.4) is 0 Å². The Morgan fingerprint density at radius 2 is 1.67 bits per heavy atom. The van der Waals surface area contributed by atoms with Gasteiger partial charge in [-0.05, 0) is 23.3 Å². The normalized spacial score (nSPS) is 12.9. The first kappa shape index (κ1) is 20.7. The van der Waals surface area contributed by atoms with Crippen molar-refractivity contribution in [2.24, 2.45) is 0 Å². The van der Waals surface area contributed by atoms with Gasteiger partial charge >= 0.3 is 5.97 Å². The van der Waals surface area contributed by atoms with Gasteiger partial charge in [0.05, 0.1) is 26.9 Å². The van der Waals surface area contributed by atoms with Gasteiger partial charge in [0.25, 0.3) is 0 Å². The molecule has 0 aromatic heterocycles. The minimum Gasteiger partial charge on any atom is -0.493 e. The number of carbonyl (C=O) groups is 1. The number of ether oxygens (including phenoxy) is 4. The molecule has 0 spiro atoms. The molecule has 2 aromatic rings. The van der Waals surface area contributed by atoms with E-state index in [0.29, 0.717) is 24.7 Å². The van der Waals surface area contributed by atoms with Gasteiger partial charge in [-0.15, -0.1) is 0 Å². The SMILES string of the molecule is COC[C@@H](NC[C@H](OC(C)=O)c1ccc(OC)c(OC)c1)c1ccccc1. The molecule has 2 atom stereocenters. The third kappa shape index (κ3) is 5.98. The lowest BCUT2D eigenvalue weighted by atomic mass is 10.1. The molecule has 0 aliphatic carbocycles. The zero-order chi connectivity index (χ0) is 19.6. The van der Waals surface area contributed by atoms with E-state index in [9.17, 15) is 4.79 Å².